The van der Waals surface area contributed by atoms with Gasteiger partial charge in [0.2, 0.25) is 0 Å². The average molecular weight is 251 g/mol. The van der Waals surface area contributed by atoms with Gasteiger partial charge in [-0.3, -0.25) is 0 Å². The quantitative estimate of drug-likeness (QED) is 0.612. The Hall–Kier alpha value is -0.800. The number of hydrogen-bond donors (Lipinski definition) is 1. The first-order valence-electron chi connectivity index (χ1n) is 5.97. The molecule has 0 fully saturated rings. The Balaban J connectivity index is 0.000000249. The lowest BCUT2D eigenvalue weighted by molar-refractivity contribution is -0.110. The third-order valence-electron chi connectivity index (χ3n) is 2.67. The standard InChI is InChI=1S/C10H13NS.C4H8O/c1-11-5-4-8-6-10(12)3-2-9(8)7-11;1-4(2)3-5/h2-3,6,12H,4-5,7H2,1H3;3-4H,1-2H3. The SMILES string of the molecule is CC(C)C=O.CN1CCc2cc(S)ccc2C1. The number of likely N-dealkylation sites (N-methyl/N-ethyl adjacent to an activating group) is 1. The second kappa shape index (κ2) is 6.82. The molecule has 0 aromatic heterocycles. The summed E-state index contributed by atoms with van der Waals surface area (Å²) in [5.41, 5.74) is 2.93. The molecule has 2 rings (SSSR count). The number of nitrogens with zero attached hydrogens (tertiary/aromatic N) is 1. The molecule has 0 saturated carbocycles. The van der Waals surface area contributed by atoms with Gasteiger partial charge in [0.15, 0.2) is 0 Å². The summed E-state index contributed by atoms with van der Waals surface area (Å²) < 4.78 is 0. The predicted octanol–water partition coefficient (Wildman–Crippen LogP) is 2.80. The van der Waals surface area contributed by atoms with Gasteiger partial charge < -0.3 is 9.69 Å². The minimum absolute atomic E-state index is 0.204. The van der Waals surface area contributed by atoms with E-state index in [-0.39, 0.29) is 5.92 Å². The summed E-state index contributed by atoms with van der Waals surface area (Å²) in [5, 5.41) is 0. The molecule has 2 nitrogen and oxygen atoms in total. The molecular weight excluding hydrogens is 230 g/mol. The Bertz CT molecular complexity index is 376. The number of aldehydes is 1. The molecule has 1 aliphatic rings. The molecule has 1 aromatic rings. The first-order valence-corrected chi connectivity index (χ1v) is 6.42. The highest BCUT2D eigenvalue weighted by Gasteiger charge is 2.11. The molecule has 0 bridgehead atoms. The number of rotatable bonds is 1. The van der Waals surface area contributed by atoms with Crippen LogP contribution >= 0.6 is 12.6 Å². The van der Waals surface area contributed by atoms with Gasteiger partial charge in [-0.25, -0.2) is 0 Å². The van der Waals surface area contributed by atoms with Gasteiger partial charge in [0, 0.05) is 23.9 Å². The minimum Gasteiger partial charge on any atom is -0.303 e. The molecule has 3 heteroatoms. The number of carbonyl (C=O) groups excluding carboxylic acids is 1. The van der Waals surface area contributed by atoms with Gasteiger partial charge in [-0.05, 0) is 36.7 Å². The summed E-state index contributed by atoms with van der Waals surface area (Å²) in [6.45, 7) is 5.97. The largest absolute Gasteiger partial charge is 0.303 e. The van der Waals surface area contributed by atoms with Crippen molar-refractivity contribution < 1.29 is 4.79 Å². The molecule has 1 aromatic carbocycles. The van der Waals surface area contributed by atoms with Gasteiger partial charge in [0.1, 0.15) is 6.29 Å². The van der Waals surface area contributed by atoms with Crippen LogP contribution in [0.3, 0.4) is 0 Å². The van der Waals surface area contributed by atoms with E-state index < -0.39 is 0 Å². The fourth-order valence-electron chi connectivity index (χ4n) is 1.68. The van der Waals surface area contributed by atoms with Gasteiger partial charge in [-0.1, -0.05) is 19.9 Å². The van der Waals surface area contributed by atoms with E-state index in [1.807, 2.05) is 13.8 Å². The van der Waals surface area contributed by atoms with E-state index in [1.165, 1.54) is 24.1 Å². The molecule has 0 unspecified atom stereocenters. The lowest BCUT2D eigenvalue weighted by Crippen LogP contribution is -2.26. The van der Waals surface area contributed by atoms with Gasteiger partial charge in [-0.15, -0.1) is 12.6 Å². The molecule has 0 spiro atoms. The lowest BCUT2D eigenvalue weighted by atomic mass is 10.0. The first-order chi connectivity index (χ1) is 8.02. The van der Waals surface area contributed by atoms with E-state index in [1.54, 1.807) is 0 Å². The van der Waals surface area contributed by atoms with E-state index in [0.717, 1.165) is 17.7 Å². The number of hydrogen-bond acceptors (Lipinski definition) is 3. The Morgan fingerprint density at radius 3 is 2.59 bits per heavy atom. The summed E-state index contributed by atoms with van der Waals surface area (Å²) in [5.74, 6) is 0.204. The van der Waals surface area contributed by atoms with Crippen LogP contribution in [0.2, 0.25) is 0 Å². The summed E-state index contributed by atoms with van der Waals surface area (Å²) >= 11 is 4.33. The fourth-order valence-corrected chi connectivity index (χ4v) is 1.91. The Labute approximate surface area is 109 Å². The van der Waals surface area contributed by atoms with Crippen molar-refractivity contribution in [2.45, 2.75) is 31.7 Å². The van der Waals surface area contributed by atoms with Crippen LogP contribution in [0.15, 0.2) is 23.1 Å². The van der Waals surface area contributed by atoms with Crippen LogP contribution in [0.1, 0.15) is 25.0 Å². The highest BCUT2D eigenvalue weighted by Crippen LogP contribution is 2.20. The van der Waals surface area contributed by atoms with Gasteiger partial charge >= 0.3 is 0 Å². The minimum atomic E-state index is 0.204. The van der Waals surface area contributed by atoms with E-state index in [9.17, 15) is 4.79 Å². The monoisotopic (exact) mass is 251 g/mol. The zero-order valence-corrected chi connectivity index (χ0v) is 11.7. The maximum atomic E-state index is 9.50. The zero-order valence-electron chi connectivity index (χ0n) is 10.8. The molecule has 1 aliphatic heterocycles. The Kier molecular flexibility index (Phi) is 5.72. The predicted molar refractivity (Wildman–Crippen MR) is 74.6 cm³/mol. The van der Waals surface area contributed by atoms with Crippen molar-refractivity contribution >= 4 is 18.9 Å². The fraction of sp³-hybridized carbons (Fsp3) is 0.500. The van der Waals surface area contributed by atoms with E-state index in [0.29, 0.717) is 0 Å². The van der Waals surface area contributed by atoms with Crippen LogP contribution < -0.4 is 0 Å². The summed E-state index contributed by atoms with van der Waals surface area (Å²) in [4.78, 5) is 12.9. The first kappa shape index (κ1) is 14.3. The third-order valence-corrected chi connectivity index (χ3v) is 2.94. The summed E-state index contributed by atoms with van der Waals surface area (Å²) in [6.07, 6.45) is 2.08. The highest BCUT2D eigenvalue weighted by atomic mass is 32.1. The second-order valence-corrected chi connectivity index (χ2v) is 5.34. The second-order valence-electron chi connectivity index (χ2n) is 4.82. The maximum Gasteiger partial charge on any atom is 0.122 e. The number of benzene rings is 1. The molecule has 0 atom stereocenters. The van der Waals surface area contributed by atoms with Crippen molar-refractivity contribution in [3.8, 4) is 0 Å². The third kappa shape index (κ3) is 4.92. The van der Waals surface area contributed by atoms with Gasteiger partial charge in [0.25, 0.3) is 0 Å². The molecule has 0 radical (unpaired) electrons. The molecule has 94 valence electrons. The molecule has 1 heterocycles. The van der Waals surface area contributed by atoms with Crippen LogP contribution in [0.5, 0.6) is 0 Å². The smallest absolute Gasteiger partial charge is 0.122 e. The molecule has 0 aliphatic carbocycles. The van der Waals surface area contributed by atoms with Crippen LogP contribution in [-0.4, -0.2) is 24.8 Å². The van der Waals surface area contributed by atoms with Crippen molar-refractivity contribution in [3.05, 3.63) is 29.3 Å². The number of fused-ring (bicyclic) bond motifs is 1. The van der Waals surface area contributed by atoms with Crippen LogP contribution in [0.4, 0.5) is 0 Å². The molecular formula is C14H21NOS. The molecule has 0 amide bonds. The average Bonchev–Trinajstić information content (AvgIpc) is 2.30. The molecule has 17 heavy (non-hydrogen) atoms. The van der Waals surface area contributed by atoms with E-state index >= 15 is 0 Å². The topological polar surface area (TPSA) is 20.3 Å². The van der Waals surface area contributed by atoms with Crippen LogP contribution in [0.25, 0.3) is 0 Å². The van der Waals surface area contributed by atoms with Crippen LogP contribution in [0, 0.1) is 5.92 Å². The van der Waals surface area contributed by atoms with Crippen molar-refractivity contribution in [3.63, 3.8) is 0 Å². The normalized spacial score (nSPS) is 14.9. The summed E-state index contributed by atoms with van der Waals surface area (Å²) in [7, 11) is 2.16. The van der Waals surface area contributed by atoms with Crippen molar-refractivity contribution in [2.75, 3.05) is 13.6 Å². The molecule has 0 N–H and O–H groups in total. The molecule has 0 saturated heterocycles. The van der Waals surface area contributed by atoms with E-state index in [2.05, 4.69) is 42.8 Å². The Morgan fingerprint density at radius 2 is 2.00 bits per heavy atom. The number of carbonyl (C=O) groups is 1. The van der Waals surface area contributed by atoms with E-state index in [4.69, 9.17) is 0 Å². The van der Waals surface area contributed by atoms with Crippen molar-refractivity contribution in [1.29, 1.82) is 0 Å². The number of thiol groups is 1. The lowest BCUT2D eigenvalue weighted by Gasteiger charge is -2.24. The van der Waals surface area contributed by atoms with Crippen molar-refractivity contribution in [2.24, 2.45) is 5.92 Å². The van der Waals surface area contributed by atoms with Gasteiger partial charge in [0.05, 0.1) is 0 Å². The Morgan fingerprint density at radius 1 is 1.35 bits per heavy atom. The zero-order chi connectivity index (χ0) is 12.8. The maximum absolute atomic E-state index is 9.50. The van der Waals surface area contributed by atoms with Gasteiger partial charge in [-0.2, -0.15) is 0 Å². The van der Waals surface area contributed by atoms with Crippen molar-refractivity contribution in [1.82, 2.24) is 4.90 Å². The highest BCUT2D eigenvalue weighted by molar-refractivity contribution is 7.80. The van der Waals surface area contributed by atoms with Crippen LogP contribution in [-0.2, 0) is 17.8 Å². The summed E-state index contributed by atoms with van der Waals surface area (Å²) in [6, 6.07) is 6.44.